The van der Waals surface area contributed by atoms with Crippen LogP contribution in [-0.2, 0) is 9.59 Å². The summed E-state index contributed by atoms with van der Waals surface area (Å²) in [4.78, 5) is 26.2. The molecule has 0 bridgehead atoms. The summed E-state index contributed by atoms with van der Waals surface area (Å²) < 4.78 is 27.8. The number of pyridine rings is 1. The van der Waals surface area contributed by atoms with Crippen LogP contribution >= 0.6 is 11.5 Å². The number of carbonyl (C=O) groups excluding carboxylic acids is 1. The van der Waals surface area contributed by atoms with Crippen LogP contribution in [0.25, 0.3) is 43.5 Å². The lowest BCUT2D eigenvalue weighted by Gasteiger charge is -2.31. The highest BCUT2D eigenvalue weighted by Gasteiger charge is 2.24. The Labute approximate surface area is 221 Å². The van der Waals surface area contributed by atoms with E-state index in [-0.39, 0.29) is 37.5 Å². The van der Waals surface area contributed by atoms with Gasteiger partial charge in [0.05, 0.1) is 22.5 Å². The van der Waals surface area contributed by atoms with Crippen molar-refractivity contribution in [2.45, 2.75) is 33.2 Å². The minimum Gasteiger partial charge on any atom is -0.483 e. The number of piperidine rings is 1. The number of anilines is 1. The van der Waals surface area contributed by atoms with Crippen molar-refractivity contribution in [3.05, 3.63) is 48.8 Å². The largest absolute Gasteiger partial charge is 0.483 e. The second-order valence-corrected chi connectivity index (χ2v) is 9.43. The van der Waals surface area contributed by atoms with Crippen molar-refractivity contribution in [2.24, 2.45) is 0 Å². The Kier molecular flexibility index (Phi) is 7.72. The molecule has 5 heterocycles. The van der Waals surface area contributed by atoms with Crippen molar-refractivity contribution >= 4 is 50.8 Å². The number of nitrogens with two attached hydrogens (primary N) is 1. The molecule has 1 amide bonds. The van der Waals surface area contributed by atoms with Crippen LogP contribution in [-0.4, -0.2) is 54.6 Å². The number of benzene rings is 1. The summed E-state index contributed by atoms with van der Waals surface area (Å²) in [5.74, 6) is 0.350. The predicted molar refractivity (Wildman–Crippen MR) is 144 cm³/mol. The molecule has 6 rings (SSSR count). The molecule has 12 heteroatoms. The van der Waals surface area contributed by atoms with Gasteiger partial charge in [-0.1, -0.05) is 7.43 Å². The zero-order valence-corrected chi connectivity index (χ0v) is 20.6. The number of hydrogen-bond donors (Lipinski definition) is 2. The molecule has 5 aromatic rings. The summed E-state index contributed by atoms with van der Waals surface area (Å²) >= 11 is 1.22. The molecule has 0 radical (unpaired) electrons. The van der Waals surface area contributed by atoms with Gasteiger partial charge < -0.3 is 20.2 Å². The molecule has 0 saturated carbocycles. The first-order valence-electron chi connectivity index (χ1n) is 11.5. The van der Waals surface area contributed by atoms with E-state index in [1.54, 1.807) is 31.6 Å². The lowest BCUT2D eigenvalue weighted by Crippen LogP contribution is -2.37. The van der Waals surface area contributed by atoms with E-state index in [9.17, 15) is 9.18 Å². The van der Waals surface area contributed by atoms with E-state index in [1.165, 1.54) is 17.6 Å². The molecule has 0 unspecified atom stereocenters. The number of nitrogen functional groups attached to an aromatic ring is 1. The van der Waals surface area contributed by atoms with Gasteiger partial charge >= 0.3 is 0 Å². The third kappa shape index (κ3) is 4.82. The second-order valence-electron chi connectivity index (χ2n) is 8.63. The average molecular weight is 539 g/mol. The quantitative estimate of drug-likeness (QED) is 0.298. The maximum absolute atomic E-state index is 14.9. The monoisotopic (exact) mass is 538 g/mol. The minimum atomic E-state index is -0.381. The molecule has 1 saturated heterocycles. The van der Waals surface area contributed by atoms with E-state index < -0.39 is 0 Å². The van der Waals surface area contributed by atoms with E-state index in [4.69, 9.17) is 20.1 Å². The topological polar surface area (TPSA) is 140 Å². The number of nitrogens with zero attached hydrogens (tertiary/aromatic N) is 5. The highest BCUT2D eigenvalue weighted by Crippen LogP contribution is 2.40. The van der Waals surface area contributed by atoms with E-state index >= 15 is 0 Å². The third-order valence-corrected chi connectivity index (χ3v) is 7.34. The number of rotatable bonds is 3. The smallest absolute Gasteiger partial charge is 0.290 e. The summed E-state index contributed by atoms with van der Waals surface area (Å²) in [5, 5.41) is 13.1. The van der Waals surface area contributed by atoms with Crippen molar-refractivity contribution in [1.82, 2.24) is 24.0 Å². The zero-order valence-electron chi connectivity index (χ0n) is 19.8. The first kappa shape index (κ1) is 26.7. The first-order valence-corrected chi connectivity index (χ1v) is 12.3. The van der Waals surface area contributed by atoms with Gasteiger partial charge in [0.25, 0.3) is 6.47 Å². The van der Waals surface area contributed by atoms with Gasteiger partial charge in [-0.15, -0.1) is 0 Å². The normalized spacial score (nSPS) is 13.7. The van der Waals surface area contributed by atoms with Crippen LogP contribution in [0.2, 0.25) is 0 Å². The lowest BCUT2D eigenvalue weighted by atomic mass is 10.0. The van der Waals surface area contributed by atoms with Crippen LogP contribution in [0.4, 0.5) is 10.2 Å². The standard InChI is InChI=1S/C24H21FN6O2S.CH2O2.CH4/c1-13(32)30-6-4-16(5-7-30)31-12-15(9-28-31)18-11-27-24(26)22-17(18)8-20(33-22)21-19(25)3-2-14-10-29-34-23(14)21;2-1-3;/h2-3,8-12,16H,4-7H2,1H3,(H2,26,27);1H,(H,2,3);1H4. The molecule has 1 fully saturated rings. The first-order chi connectivity index (χ1) is 17.9. The van der Waals surface area contributed by atoms with Gasteiger partial charge in [0.15, 0.2) is 11.4 Å². The number of aromatic nitrogens is 4. The van der Waals surface area contributed by atoms with E-state index in [0.717, 1.165) is 52.5 Å². The molecule has 0 aliphatic carbocycles. The van der Waals surface area contributed by atoms with E-state index in [0.29, 0.717) is 16.9 Å². The van der Waals surface area contributed by atoms with E-state index in [1.807, 2.05) is 21.8 Å². The number of carbonyl (C=O) groups is 2. The summed E-state index contributed by atoms with van der Waals surface area (Å²) in [6.07, 6.45) is 8.88. The van der Waals surface area contributed by atoms with Gasteiger partial charge in [0, 0.05) is 60.5 Å². The lowest BCUT2D eigenvalue weighted by molar-refractivity contribution is -0.130. The number of amides is 1. The van der Waals surface area contributed by atoms with Crippen molar-refractivity contribution in [3.8, 4) is 22.5 Å². The fourth-order valence-electron chi connectivity index (χ4n) is 4.66. The van der Waals surface area contributed by atoms with Crippen LogP contribution in [0.15, 0.2) is 47.4 Å². The predicted octanol–water partition coefficient (Wildman–Crippen LogP) is 5.21. The maximum atomic E-state index is 14.9. The Hall–Kier alpha value is -4.32. The van der Waals surface area contributed by atoms with Crippen molar-refractivity contribution in [3.63, 3.8) is 0 Å². The zero-order chi connectivity index (χ0) is 26.1. The van der Waals surface area contributed by atoms with Gasteiger partial charge in [-0.25, -0.2) is 9.37 Å². The summed E-state index contributed by atoms with van der Waals surface area (Å²) in [7, 11) is 0. The van der Waals surface area contributed by atoms with Gasteiger partial charge in [-0.2, -0.15) is 9.47 Å². The van der Waals surface area contributed by atoms with Gasteiger partial charge in [0.1, 0.15) is 11.6 Å². The van der Waals surface area contributed by atoms with Crippen LogP contribution in [0.5, 0.6) is 0 Å². The Morgan fingerprint density at radius 2 is 2.00 bits per heavy atom. The fraction of sp³-hybridized carbons (Fsp3) is 0.269. The Balaban J connectivity index is 0.000000804. The number of furan rings is 1. The highest BCUT2D eigenvalue weighted by atomic mass is 32.1. The SMILES string of the molecule is C.CC(=O)N1CCC(n2cc(-c3cnc(N)c4oc(-c5c(F)ccc6cnsc56)cc34)cn2)CC1.O=CO. The molecular weight excluding hydrogens is 511 g/mol. The second kappa shape index (κ2) is 11.0. The molecule has 10 nitrogen and oxygen atoms in total. The van der Waals surface area contributed by atoms with Crippen molar-refractivity contribution in [1.29, 1.82) is 0 Å². The van der Waals surface area contributed by atoms with Crippen molar-refractivity contribution < 1.29 is 23.5 Å². The van der Waals surface area contributed by atoms with Crippen molar-refractivity contribution in [2.75, 3.05) is 18.8 Å². The van der Waals surface area contributed by atoms with Gasteiger partial charge in [-0.3, -0.25) is 14.3 Å². The number of halogens is 1. The Morgan fingerprint density at radius 3 is 2.71 bits per heavy atom. The summed E-state index contributed by atoms with van der Waals surface area (Å²) in [6.45, 7) is 2.80. The molecule has 3 N–H and O–H groups in total. The number of hydrogen-bond acceptors (Lipinski definition) is 8. The molecule has 198 valence electrons. The molecule has 1 aliphatic heterocycles. The average Bonchev–Trinajstić information content (AvgIpc) is 3.65. The fourth-order valence-corrected chi connectivity index (χ4v) is 5.45. The minimum absolute atomic E-state index is 0. The van der Waals surface area contributed by atoms with Crippen LogP contribution in [0.1, 0.15) is 33.2 Å². The van der Waals surface area contributed by atoms with Crippen LogP contribution < -0.4 is 5.73 Å². The van der Waals surface area contributed by atoms with E-state index in [2.05, 4.69) is 14.5 Å². The third-order valence-electron chi connectivity index (χ3n) is 6.50. The van der Waals surface area contributed by atoms with Crippen LogP contribution in [0, 0.1) is 5.82 Å². The van der Waals surface area contributed by atoms with Crippen LogP contribution in [0.3, 0.4) is 0 Å². The molecule has 4 aromatic heterocycles. The number of fused-ring (bicyclic) bond motifs is 2. The molecule has 1 aliphatic rings. The molecule has 0 spiro atoms. The number of carboxylic acid groups (broad SMARTS) is 1. The van der Waals surface area contributed by atoms with Gasteiger partial charge in [0.2, 0.25) is 5.91 Å². The molecular formula is C26H27FN6O4S. The summed E-state index contributed by atoms with van der Waals surface area (Å²) in [6, 6.07) is 5.16. The molecule has 0 atom stereocenters. The Bertz CT molecular complexity index is 1600. The maximum Gasteiger partial charge on any atom is 0.290 e. The highest BCUT2D eigenvalue weighted by molar-refractivity contribution is 7.13. The molecule has 1 aromatic carbocycles. The summed E-state index contributed by atoms with van der Waals surface area (Å²) in [5.41, 5.74) is 8.59. The molecule has 38 heavy (non-hydrogen) atoms. The van der Waals surface area contributed by atoms with Gasteiger partial charge in [-0.05, 0) is 42.6 Å². The number of likely N-dealkylation sites (tertiary alicyclic amines) is 1. The Morgan fingerprint density at radius 1 is 1.26 bits per heavy atom.